The Kier molecular flexibility index (Phi) is 10.6. The summed E-state index contributed by atoms with van der Waals surface area (Å²) in [5, 5.41) is 3.50. The van der Waals surface area contributed by atoms with Crippen LogP contribution in [0.2, 0.25) is 5.02 Å². The zero-order valence-corrected chi connectivity index (χ0v) is 23.8. The number of nitrogens with one attached hydrogen (secondary N) is 1. The third-order valence-corrected chi connectivity index (χ3v) is 8.67. The Bertz CT molecular complexity index is 1230. The number of sulfonamides is 1. The molecule has 1 aliphatic carbocycles. The summed E-state index contributed by atoms with van der Waals surface area (Å²) in [6, 6.07) is 10.5. The third kappa shape index (κ3) is 7.93. The summed E-state index contributed by atoms with van der Waals surface area (Å²) in [6.07, 6.45) is 6.38. The lowest BCUT2D eigenvalue weighted by Crippen LogP contribution is -2.50. The summed E-state index contributed by atoms with van der Waals surface area (Å²) >= 11 is 6.21. The molecule has 1 aliphatic rings. The Morgan fingerprint density at radius 2 is 1.79 bits per heavy atom. The monoisotopic (exact) mass is 565 g/mol. The molecule has 1 N–H and O–H groups in total. The second-order valence-corrected chi connectivity index (χ2v) is 12.3. The van der Waals surface area contributed by atoms with Crippen molar-refractivity contribution in [3.8, 4) is 0 Å². The van der Waals surface area contributed by atoms with Gasteiger partial charge in [-0.25, -0.2) is 12.8 Å². The standard InChI is InChI=1S/C28H37ClFN3O4S/c1-20-24(29)14-9-16-26(20)33(38(3,36)37)18-10-17-27(34)32(19-22-11-7-8-15-25(22)30)21(2)28(35)31-23-12-5-4-6-13-23/h7-9,11,14-16,21,23H,4-6,10,12-13,17-19H2,1-3H3,(H,31,35). The molecule has 0 bridgehead atoms. The fraction of sp³-hybridized carbons (Fsp3) is 0.500. The number of nitrogens with zero attached hydrogens (tertiary/aromatic N) is 2. The van der Waals surface area contributed by atoms with Crippen LogP contribution < -0.4 is 9.62 Å². The van der Waals surface area contributed by atoms with Gasteiger partial charge in [-0.2, -0.15) is 0 Å². The van der Waals surface area contributed by atoms with Gasteiger partial charge < -0.3 is 10.2 Å². The Morgan fingerprint density at radius 1 is 1.11 bits per heavy atom. The molecule has 0 aromatic heterocycles. The first-order valence-electron chi connectivity index (χ1n) is 13.0. The highest BCUT2D eigenvalue weighted by molar-refractivity contribution is 7.92. The second kappa shape index (κ2) is 13.4. The highest BCUT2D eigenvalue weighted by Crippen LogP contribution is 2.28. The zero-order chi connectivity index (χ0) is 27.9. The van der Waals surface area contributed by atoms with E-state index in [2.05, 4.69) is 5.32 Å². The average molecular weight is 566 g/mol. The SMILES string of the molecule is Cc1c(Cl)cccc1N(CCCC(=O)N(Cc1ccccc1F)C(C)C(=O)NC1CCCCC1)S(C)(=O)=O. The van der Waals surface area contributed by atoms with Gasteiger partial charge in [-0.3, -0.25) is 13.9 Å². The van der Waals surface area contributed by atoms with Crippen LogP contribution in [0.25, 0.3) is 0 Å². The first-order chi connectivity index (χ1) is 18.0. The van der Waals surface area contributed by atoms with Crippen molar-refractivity contribution in [1.82, 2.24) is 10.2 Å². The molecule has 0 aliphatic heterocycles. The van der Waals surface area contributed by atoms with Crippen molar-refractivity contribution in [3.63, 3.8) is 0 Å². The first kappa shape index (κ1) is 29.9. The van der Waals surface area contributed by atoms with E-state index in [0.717, 1.165) is 38.4 Å². The Labute approximate surface area is 230 Å². The molecule has 0 spiro atoms. The van der Waals surface area contributed by atoms with Crippen molar-refractivity contribution in [2.45, 2.75) is 77.4 Å². The number of amides is 2. The molecular weight excluding hydrogens is 529 g/mol. The van der Waals surface area contributed by atoms with Gasteiger partial charge in [-0.05, 0) is 56.9 Å². The van der Waals surface area contributed by atoms with Gasteiger partial charge in [-0.15, -0.1) is 0 Å². The smallest absolute Gasteiger partial charge is 0.242 e. The topological polar surface area (TPSA) is 86.8 Å². The fourth-order valence-corrected chi connectivity index (χ4v) is 6.00. The van der Waals surface area contributed by atoms with Crippen LogP contribution in [0.3, 0.4) is 0 Å². The molecule has 2 amide bonds. The van der Waals surface area contributed by atoms with Gasteiger partial charge in [0.05, 0.1) is 11.9 Å². The largest absolute Gasteiger partial charge is 0.352 e. The van der Waals surface area contributed by atoms with Crippen LogP contribution in [0.15, 0.2) is 42.5 Å². The fourth-order valence-electron chi connectivity index (χ4n) is 4.81. The molecule has 208 valence electrons. The van der Waals surface area contributed by atoms with Crippen LogP contribution in [0.1, 0.15) is 63.0 Å². The van der Waals surface area contributed by atoms with Crippen LogP contribution in [0, 0.1) is 12.7 Å². The molecule has 2 aromatic carbocycles. The predicted octanol–water partition coefficient (Wildman–Crippen LogP) is 5.20. The maximum Gasteiger partial charge on any atom is 0.242 e. The van der Waals surface area contributed by atoms with Crippen molar-refractivity contribution < 1.29 is 22.4 Å². The number of rotatable bonds is 11. The van der Waals surface area contributed by atoms with Crippen molar-refractivity contribution in [3.05, 3.63) is 64.4 Å². The first-order valence-corrected chi connectivity index (χ1v) is 15.3. The quantitative estimate of drug-likeness (QED) is 0.406. The van der Waals surface area contributed by atoms with E-state index < -0.39 is 21.9 Å². The van der Waals surface area contributed by atoms with E-state index in [4.69, 9.17) is 11.6 Å². The Balaban J connectivity index is 1.75. The average Bonchev–Trinajstić information content (AvgIpc) is 2.87. The summed E-state index contributed by atoms with van der Waals surface area (Å²) in [7, 11) is -3.64. The normalized spacial score (nSPS) is 15.1. The van der Waals surface area contributed by atoms with Crippen molar-refractivity contribution >= 4 is 39.1 Å². The van der Waals surface area contributed by atoms with Crippen molar-refractivity contribution in [1.29, 1.82) is 0 Å². The minimum absolute atomic E-state index is 0.0128. The molecule has 1 saturated carbocycles. The molecule has 1 atom stereocenters. The number of anilines is 1. The highest BCUT2D eigenvalue weighted by atomic mass is 35.5. The van der Waals surface area contributed by atoms with Gasteiger partial charge in [0, 0.05) is 36.1 Å². The van der Waals surface area contributed by atoms with Gasteiger partial charge in [0.25, 0.3) is 0 Å². The van der Waals surface area contributed by atoms with E-state index in [1.54, 1.807) is 50.2 Å². The molecule has 0 saturated heterocycles. The lowest BCUT2D eigenvalue weighted by molar-refractivity contribution is -0.141. The molecule has 0 radical (unpaired) electrons. The van der Waals surface area contributed by atoms with E-state index in [1.807, 2.05) is 0 Å². The van der Waals surface area contributed by atoms with E-state index in [-0.39, 0.29) is 43.8 Å². The van der Waals surface area contributed by atoms with E-state index >= 15 is 0 Å². The number of hydrogen-bond acceptors (Lipinski definition) is 4. The molecule has 7 nitrogen and oxygen atoms in total. The van der Waals surface area contributed by atoms with Crippen LogP contribution >= 0.6 is 11.6 Å². The van der Waals surface area contributed by atoms with Crippen LogP contribution in [-0.2, 0) is 26.2 Å². The molecule has 3 rings (SSSR count). The lowest BCUT2D eigenvalue weighted by atomic mass is 9.95. The van der Waals surface area contributed by atoms with Crippen molar-refractivity contribution in [2.75, 3.05) is 17.1 Å². The number of carbonyl (C=O) groups is 2. The summed E-state index contributed by atoms with van der Waals surface area (Å²) in [5.41, 5.74) is 1.39. The zero-order valence-electron chi connectivity index (χ0n) is 22.3. The molecule has 2 aromatic rings. The molecule has 10 heteroatoms. The van der Waals surface area contributed by atoms with Gasteiger partial charge in [0.2, 0.25) is 21.8 Å². The maximum atomic E-state index is 14.5. The summed E-state index contributed by atoms with van der Waals surface area (Å²) in [5.74, 6) is -1.07. The summed E-state index contributed by atoms with van der Waals surface area (Å²) in [6.45, 7) is 3.38. The third-order valence-electron chi connectivity index (χ3n) is 7.08. The number of halogens is 2. The van der Waals surface area contributed by atoms with Crippen LogP contribution in [0.5, 0.6) is 0 Å². The molecule has 38 heavy (non-hydrogen) atoms. The van der Waals surface area contributed by atoms with Gasteiger partial charge >= 0.3 is 0 Å². The number of benzene rings is 2. The second-order valence-electron chi connectivity index (χ2n) is 9.96. The van der Waals surface area contributed by atoms with Gasteiger partial charge in [0.1, 0.15) is 11.9 Å². The Hall–Kier alpha value is -2.65. The number of hydrogen-bond donors (Lipinski definition) is 1. The molecule has 0 heterocycles. The van der Waals surface area contributed by atoms with Crippen molar-refractivity contribution in [2.24, 2.45) is 0 Å². The maximum absolute atomic E-state index is 14.5. The summed E-state index contributed by atoms with van der Waals surface area (Å²) in [4.78, 5) is 27.9. The van der Waals surface area contributed by atoms with E-state index in [1.165, 1.54) is 15.3 Å². The predicted molar refractivity (Wildman–Crippen MR) is 149 cm³/mol. The minimum atomic E-state index is -3.64. The minimum Gasteiger partial charge on any atom is -0.352 e. The van der Waals surface area contributed by atoms with Crippen LogP contribution in [0.4, 0.5) is 10.1 Å². The molecule has 1 unspecified atom stereocenters. The molecule has 1 fully saturated rings. The van der Waals surface area contributed by atoms with E-state index in [0.29, 0.717) is 21.8 Å². The Morgan fingerprint density at radius 3 is 2.45 bits per heavy atom. The number of carbonyl (C=O) groups excluding carboxylic acids is 2. The van der Waals surface area contributed by atoms with E-state index in [9.17, 15) is 22.4 Å². The molecular formula is C28H37ClFN3O4S. The lowest BCUT2D eigenvalue weighted by Gasteiger charge is -2.31. The van der Waals surface area contributed by atoms with Gasteiger partial charge in [-0.1, -0.05) is 55.1 Å². The summed E-state index contributed by atoms with van der Waals surface area (Å²) < 4.78 is 40.8. The highest BCUT2D eigenvalue weighted by Gasteiger charge is 2.29. The van der Waals surface area contributed by atoms with Gasteiger partial charge in [0.15, 0.2) is 0 Å². The van der Waals surface area contributed by atoms with Crippen LogP contribution in [-0.4, -0.2) is 50.0 Å².